The SMILES string of the molecule is COc1cc2c(Oc3ccc(NC(=O)C4(C(=O)Nc5ccc(F)cc5)CC4)cc3)ccnc2cc1N1CCC(OCC(=O)O)CC1. The van der Waals surface area contributed by atoms with E-state index in [2.05, 4.69) is 20.5 Å². The van der Waals surface area contributed by atoms with E-state index in [1.807, 2.05) is 12.1 Å². The second-order valence-electron chi connectivity index (χ2n) is 11.4. The number of piperidine rings is 1. The number of carboxylic acid groups (broad SMARTS) is 1. The summed E-state index contributed by atoms with van der Waals surface area (Å²) in [5.74, 6) is -0.445. The standard InChI is InChI=1S/C34H33FN4O7/c1-44-30-18-26-27(19-28(30)39-16-11-24(12-17-39)45-20-31(40)41)36-15-10-29(26)46-25-8-6-23(7-9-25)38-33(43)34(13-14-34)32(42)37-22-4-2-21(35)3-5-22/h2-10,15,18-19,24H,11-14,16-17,20H2,1H3,(H,37,42)(H,38,43)(H,40,41). The van der Waals surface area contributed by atoms with Crippen molar-refractivity contribution in [2.45, 2.75) is 31.8 Å². The number of ether oxygens (including phenoxy) is 3. The molecule has 0 bridgehead atoms. The van der Waals surface area contributed by atoms with Crippen LogP contribution in [0.1, 0.15) is 25.7 Å². The van der Waals surface area contributed by atoms with Crippen molar-refractivity contribution in [1.29, 1.82) is 0 Å². The zero-order valence-corrected chi connectivity index (χ0v) is 25.1. The van der Waals surface area contributed by atoms with E-state index in [-0.39, 0.29) is 12.7 Å². The van der Waals surface area contributed by atoms with Crippen LogP contribution in [0.4, 0.5) is 21.5 Å². The highest BCUT2D eigenvalue weighted by atomic mass is 19.1. The zero-order chi connectivity index (χ0) is 32.3. The fourth-order valence-electron chi connectivity index (χ4n) is 5.54. The Labute approximate surface area is 264 Å². The third-order valence-electron chi connectivity index (χ3n) is 8.29. The highest BCUT2D eigenvalue weighted by Crippen LogP contribution is 2.47. The molecule has 2 aliphatic rings. The van der Waals surface area contributed by atoms with Gasteiger partial charge in [0, 0.05) is 36.0 Å². The molecular weight excluding hydrogens is 595 g/mol. The Morgan fingerprint density at radius 1 is 0.935 bits per heavy atom. The van der Waals surface area contributed by atoms with E-state index in [4.69, 9.17) is 19.3 Å². The van der Waals surface area contributed by atoms with Gasteiger partial charge in [0.1, 0.15) is 35.1 Å². The third kappa shape index (κ3) is 6.71. The van der Waals surface area contributed by atoms with Gasteiger partial charge >= 0.3 is 5.97 Å². The smallest absolute Gasteiger partial charge is 0.329 e. The summed E-state index contributed by atoms with van der Waals surface area (Å²) in [6, 6.07) is 17.9. The molecule has 238 valence electrons. The molecular formula is C34H33FN4O7. The van der Waals surface area contributed by atoms with Crippen LogP contribution in [0.15, 0.2) is 72.9 Å². The summed E-state index contributed by atoms with van der Waals surface area (Å²) < 4.78 is 30.6. The second-order valence-corrected chi connectivity index (χ2v) is 11.4. The molecule has 0 radical (unpaired) electrons. The molecule has 1 saturated carbocycles. The topological polar surface area (TPSA) is 139 Å². The maximum Gasteiger partial charge on any atom is 0.329 e. The molecule has 6 rings (SSSR count). The van der Waals surface area contributed by atoms with Crippen molar-refractivity contribution >= 4 is 45.7 Å². The Balaban J connectivity index is 1.11. The number of aromatic nitrogens is 1. The van der Waals surface area contributed by atoms with Crippen LogP contribution < -0.4 is 25.0 Å². The van der Waals surface area contributed by atoms with Crippen LogP contribution in [0.25, 0.3) is 10.9 Å². The molecule has 4 aromatic rings. The number of rotatable bonds is 11. The maximum atomic E-state index is 13.2. The van der Waals surface area contributed by atoms with Gasteiger partial charge in [-0.1, -0.05) is 0 Å². The van der Waals surface area contributed by atoms with Crippen molar-refractivity contribution in [3.8, 4) is 17.2 Å². The van der Waals surface area contributed by atoms with Crippen LogP contribution in [0.3, 0.4) is 0 Å². The molecule has 1 aromatic heterocycles. The minimum Gasteiger partial charge on any atom is -0.495 e. The monoisotopic (exact) mass is 628 g/mol. The number of hydrogen-bond donors (Lipinski definition) is 3. The number of methoxy groups -OCH3 is 1. The van der Waals surface area contributed by atoms with Gasteiger partial charge in [-0.3, -0.25) is 14.6 Å². The summed E-state index contributed by atoms with van der Waals surface area (Å²) in [5, 5.41) is 15.2. The number of carboxylic acids is 1. The number of aliphatic carboxylic acids is 1. The quantitative estimate of drug-likeness (QED) is 0.181. The van der Waals surface area contributed by atoms with Crippen molar-refractivity contribution in [2.75, 3.05) is 42.3 Å². The number of fused-ring (bicyclic) bond motifs is 1. The van der Waals surface area contributed by atoms with Crippen LogP contribution in [0, 0.1) is 11.2 Å². The summed E-state index contributed by atoms with van der Waals surface area (Å²) in [5.41, 5.74) is 1.38. The molecule has 46 heavy (non-hydrogen) atoms. The molecule has 0 unspecified atom stereocenters. The Hall–Kier alpha value is -5.23. The van der Waals surface area contributed by atoms with Gasteiger partial charge in [-0.25, -0.2) is 9.18 Å². The molecule has 1 aliphatic heterocycles. The first-order valence-corrected chi connectivity index (χ1v) is 15.0. The molecule has 12 heteroatoms. The Morgan fingerprint density at radius 3 is 2.15 bits per heavy atom. The number of amides is 2. The average Bonchev–Trinajstić information content (AvgIpc) is 3.88. The molecule has 2 fully saturated rings. The number of carbonyl (C=O) groups excluding carboxylic acids is 2. The van der Waals surface area contributed by atoms with Crippen molar-refractivity contribution in [2.24, 2.45) is 5.41 Å². The summed E-state index contributed by atoms with van der Waals surface area (Å²) in [4.78, 5) is 43.5. The van der Waals surface area contributed by atoms with Crippen LogP contribution in [-0.4, -0.2) is 60.8 Å². The van der Waals surface area contributed by atoms with E-state index < -0.39 is 29.0 Å². The van der Waals surface area contributed by atoms with Gasteiger partial charge in [0.25, 0.3) is 0 Å². The minimum absolute atomic E-state index is 0.0984. The fourth-order valence-corrected chi connectivity index (χ4v) is 5.54. The average molecular weight is 629 g/mol. The van der Waals surface area contributed by atoms with Crippen molar-refractivity contribution in [3.63, 3.8) is 0 Å². The third-order valence-corrected chi connectivity index (χ3v) is 8.29. The summed E-state index contributed by atoms with van der Waals surface area (Å²) in [6.45, 7) is 1.07. The molecule has 0 spiro atoms. The zero-order valence-electron chi connectivity index (χ0n) is 25.1. The second kappa shape index (κ2) is 13.0. The first kappa shape index (κ1) is 30.8. The van der Waals surface area contributed by atoms with Gasteiger partial charge in [-0.15, -0.1) is 0 Å². The minimum atomic E-state index is -1.17. The first-order valence-electron chi connectivity index (χ1n) is 15.0. The lowest BCUT2D eigenvalue weighted by Crippen LogP contribution is -2.37. The molecule has 2 heterocycles. The van der Waals surface area contributed by atoms with E-state index in [9.17, 15) is 18.8 Å². The van der Waals surface area contributed by atoms with Gasteiger partial charge < -0.3 is 34.9 Å². The molecule has 1 saturated heterocycles. The van der Waals surface area contributed by atoms with Gasteiger partial charge in [0.05, 0.1) is 24.4 Å². The first-order chi connectivity index (χ1) is 22.2. The summed E-state index contributed by atoms with van der Waals surface area (Å²) >= 11 is 0. The number of benzene rings is 3. The van der Waals surface area contributed by atoms with E-state index in [0.717, 1.165) is 16.6 Å². The van der Waals surface area contributed by atoms with Gasteiger partial charge in [0.15, 0.2) is 0 Å². The van der Waals surface area contributed by atoms with Crippen molar-refractivity contribution in [3.05, 3.63) is 78.7 Å². The predicted octanol–water partition coefficient (Wildman–Crippen LogP) is 5.60. The number of hydrogen-bond acceptors (Lipinski definition) is 8. The maximum absolute atomic E-state index is 13.2. The normalized spacial score (nSPS) is 15.7. The molecule has 1 aliphatic carbocycles. The molecule has 0 atom stereocenters. The van der Waals surface area contributed by atoms with Crippen LogP contribution in [0.2, 0.25) is 0 Å². The van der Waals surface area contributed by atoms with Gasteiger partial charge in [-0.2, -0.15) is 0 Å². The summed E-state index contributed by atoms with van der Waals surface area (Å²) in [7, 11) is 1.61. The Kier molecular flexibility index (Phi) is 8.71. The number of carbonyl (C=O) groups is 3. The Bertz CT molecular complexity index is 1750. The fraction of sp³-hybridized carbons (Fsp3) is 0.294. The van der Waals surface area contributed by atoms with Crippen LogP contribution in [0.5, 0.6) is 17.2 Å². The van der Waals surface area contributed by atoms with Crippen molar-refractivity contribution < 1.29 is 38.1 Å². The molecule has 3 aromatic carbocycles. The van der Waals surface area contributed by atoms with E-state index in [1.54, 1.807) is 43.6 Å². The molecule has 3 N–H and O–H groups in total. The predicted molar refractivity (Wildman–Crippen MR) is 169 cm³/mol. The number of nitrogens with zero attached hydrogens (tertiary/aromatic N) is 2. The lowest BCUT2D eigenvalue weighted by atomic mass is 10.0. The highest BCUT2D eigenvalue weighted by molar-refractivity contribution is 6.16. The van der Waals surface area contributed by atoms with E-state index in [1.165, 1.54) is 24.3 Å². The van der Waals surface area contributed by atoms with E-state index >= 15 is 0 Å². The number of nitrogens with one attached hydrogen (secondary N) is 2. The van der Waals surface area contributed by atoms with E-state index in [0.29, 0.717) is 67.4 Å². The summed E-state index contributed by atoms with van der Waals surface area (Å²) in [6.07, 6.45) is 3.82. The lowest BCUT2D eigenvalue weighted by Gasteiger charge is -2.34. The van der Waals surface area contributed by atoms with Crippen molar-refractivity contribution in [1.82, 2.24) is 4.98 Å². The lowest BCUT2D eigenvalue weighted by molar-refractivity contribution is -0.144. The Morgan fingerprint density at radius 2 is 1.57 bits per heavy atom. The number of halogens is 1. The number of anilines is 3. The van der Waals surface area contributed by atoms with Crippen LogP contribution >= 0.6 is 0 Å². The van der Waals surface area contributed by atoms with Gasteiger partial charge in [0.2, 0.25) is 11.8 Å². The largest absolute Gasteiger partial charge is 0.495 e. The molecule has 11 nitrogen and oxygen atoms in total. The highest BCUT2D eigenvalue weighted by Gasteiger charge is 2.56. The van der Waals surface area contributed by atoms with Gasteiger partial charge in [-0.05, 0) is 92.4 Å². The number of pyridine rings is 1. The molecule has 2 amide bonds. The van der Waals surface area contributed by atoms with Crippen LogP contribution in [-0.2, 0) is 19.1 Å².